The Balaban J connectivity index is 1.03. The Morgan fingerprint density at radius 1 is 1.03 bits per heavy atom. The van der Waals surface area contributed by atoms with Crippen molar-refractivity contribution in [1.29, 1.82) is 0 Å². The van der Waals surface area contributed by atoms with E-state index in [0.29, 0.717) is 24.7 Å². The summed E-state index contributed by atoms with van der Waals surface area (Å²) in [6, 6.07) is 8.52. The van der Waals surface area contributed by atoms with Gasteiger partial charge in [-0.05, 0) is 79.9 Å². The van der Waals surface area contributed by atoms with Crippen LogP contribution in [0, 0.1) is 35.5 Å². The number of aliphatic hydroxyl groups excluding tert-OH is 1. The van der Waals surface area contributed by atoms with E-state index in [-0.39, 0.29) is 35.2 Å². The van der Waals surface area contributed by atoms with Crippen LogP contribution in [0.2, 0.25) is 0 Å². The molecular formula is C30H41N3O3S. The molecule has 37 heavy (non-hydrogen) atoms. The van der Waals surface area contributed by atoms with Crippen LogP contribution in [0.1, 0.15) is 58.3 Å². The van der Waals surface area contributed by atoms with Gasteiger partial charge in [-0.3, -0.25) is 14.5 Å². The number of anilines is 1. The summed E-state index contributed by atoms with van der Waals surface area (Å²) in [5.41, 5.74) is 0. The number of rotatable bonds is 8. The maximum Gasteiger partial charge on any atom is 0.150 e. The Kier molecular flexibility index (Phi) is 7.39. The highest BCUT2D eigenvalue weighted by molar-refractivity contribution is 7.13. The molecule has 4 fully saturated rings. The van der Waals surface area contributed by atoms with Crippen LogP contribution in [0.15, 0.2) is 24.3 Å². The Morgan fingerprint density at radius 2 is 1.78 bits per heavy atom. The summed E-state index contributed by atoms with van der Waals surface area (Å²) in [6.45, 7) is 6.94. The average molecular weight is 524 g/mol. The topological polar surface area (TPSA) is 73.7 Å². The van der Waals surface area contributed by atoms with Crippen molar-refractivity contribution in [2.24, 2.45) is 35.5 Å². The van der Waals surface area contributed by atoms with Gasteiger partial charge in [0.15, 0.2) is 0 Å². The van der Waals surface area contributed by atoms with Crippen molar-refractivity contribution in [3.63, 3.8) is 0 Å². The first-order chi connectivity index (χ1) is 18.0. The van der Waals surface area contributed by atoms with Crippen LogP contribution in [0.25, 0.3) is 10.1 Å². The molecule has 1 N–H and O–H groups in total. The van der Waals surface area contributed by atoms with Gasteiger partial charge in [0.2, 0.25) is 0 Å². The highest BCUT2D eigenvalue weighted by atomic mass is 32.1. The van der Waals surface area contributed by atoms with Gasteiger partial charge in [0.25, 0.3) is 0 Å². The third kappa shape index (κ3) is 4.99. The minimum absolute atomic E-state index is 0.0136. The summed E-state index contributed by atoms with van der Waals surface area (Å²) in [4.78, 5) is 30.8. The molecule has 0 radical (unpaired) electrons. The quantitative estimate of drug-likeness (QED) is 0.536. The number of nitrogens with zero attached hydrogens (tertiary/aromatic N) is 3. The number of benzene rings is 1. The number of hydrogen-bond donors (Lipinski definition) is 1. The SMILES string of the molecule is CC(=O)[C@H]1[C@@H]2C[C@H]([C@H]1C(=O)CC[C@@H]1CCCC[C@H]1CN1CCN(c3nsc4ccccc34)CC1)[C@@H](O)C2. The number of piperazine rings is 1. The Bertz CT molecular complexity index is 1130. The summed E-state index contributed by atoms with van der Waals surface area (Å²) in [5.74, 6) is 2.65. The van der Waals surface area contributed by atoms with Crippen molar-refractivity contribution in [2.75, 3.05) is 37.6 Å². The van der Waals surface area contributed by atoms with E-state index in [1.54, 1.807) is 18.5 Å². The largest absolute Gasteiger partial charge is 0.393 e. The fourth-order valence-electron chi connectivity index (χ4n) is 8.32. The molecule has 3 saturated carbocycles. The predicted molar refractivity (Wildman–Crippen MR) is 148 cm³/mol. The minimum atomic E-state index is -0.391. The van der Waals surface area contributed by atoms with E-state index >= 15 is 0 Å². The molecule has 2 aromatic rings. The molecule has 2 heterocycles. The lowest BCUT2D eigenvalue weighted by molar-refractivity contribution is -0.136. The van der Waals surface area contributed by atoms with Crippen molar-refractivity contribution < 1.29 is 14.7 Å². The standard InChI is InChI=1S/C30H41N3O3S/c1-19(34)28-22-16-24(26(36)17-22)29(28)25(35)11-10-20-6-2-3-7-21(20)18-32-12-14-33(15-13-32)30-23-8-4-5-9-27(23)37-31-30/h4-5,8-9,20-22,24,26,28-29,36H,2-3,6-7,10-18H2,1H3/t20-,21-,22+,24-,26-,28-,29-/m0/s1. The van der Waals surface area contributed by atoms with Crippen molar-refractivity contribution in [3.05, 3.63) is 24.3 Å². The zero-order valence-corrected chi connectivity index (χ0v) is 22.9. The number of ketones is 2. The van der Waals surface area contributed by atoms with Crippen LogP contribution in [0.4, 0.5) is 5.82 Å². The summed E-state index contributed by atoms with van der Waals surface area (Å²) in [5, 5.41) is 11.7. The van der Waals surface area contributed by atoms with Gasteiger partial charge < -0.3 is 10.0 Å². The number of carbonyl (C=O) groups is 2. The van der Waals surface area contributed by atoms with Crippen molar-refractivity contribution >= 4 is 39.0 Å². The van der Waals surface area contributed by atoms with E-state index in [0.717, 1.165) is 51.4 Å². The first-order valence-electron chi connectivity index (χ1n) is 14.5. The van der Waals surface area contributed by atoms with Gasteiger partial charge in [-0.1, -0.05) is 31.4 Å². The molecule has 7 atom stereocenters. The first kappa shape index (κ1) is 25.4. The van der Waals surface area contributed by atoms with Crippen LogP contribution >= 0.6 is 11.5 Å². The van der Waals surface area contributed by atoms with Crippen LogP contribution in [-0.2, 0) is 9.59 Å². The molecule has 1 aromatic heterocycles. The summed E-state index contributed by atoms with van der Waals surface area (Å²) >= 11 is 1.59. The number of fused-ring (bicyclic) bond motifs is 3. The number of hydrogen-bond acceptors (Lipinski definition) is 7. The van der Waals surface area contributed by atoms with Crippen molar-refractivity contribution in [1.82, 2.24) is 9.27 Å². The van der Waals surface area contributed by atoms with E-state index in [9.17, 15) is 14.7 Å². The Labute approximate surface area is 224 Å². The van der Waals surface area contributed by atoms with Gasteiger partial charge in [-0.15, -0.1) is 0 Å². The Hall–Kier alpha value is -1.83. The van der Waals surface area contributed by atoms with Crippen LogP contribution in [0.3, 0.4) is 0 Å². The molecule has 4 aliphatic rings. The number of Topliss-reactive ketones (excluding diaryl/α,β-unsaturated/α-hetero) is 2. The third-order valence-corrected chi connectivity index (χ3v) is 11.0. The molecule has 3 aliphatic carbocycles. The first-order valence-corrected chi connectivity index (χ1v) is 15.3. The van der Waals surface area contributed by atoms with Gasteiger partial charge in [-0.25, -0.2) is 0 Å². The molecular weight excluding hydrogens is 482 g/mol. The molecule has 0 amide bonds. The zero-order chi connectivity index (χ0) is 25.5. The molecule has 1 aliphatic heterocycles. The van der Waals surface area contributed by atoms with E-state index < -0.39 is 6.10 Å². The fourth-order valence-corrected chi connectivity index (χ4v) is 9.12. The lowest BCUT2D eigenvalue weighted by Gasteiger charge is -2.40. The summed E-state index contributed by atoms with van der Waals surface area (Å²) in [7, 11) is 0. The molecule has 2 bridgehead atoms. The van der Waals surface area contributed by atoms with E-state index in [1.165, 1.54) is 35.8 Å². The van der Waals surface area contributed by atoms with Crippen LogP contribution in [-0.4, -0.2) is 64.8 Å². The predicted octanol–water partition coefficient (Wildman–Crippen LogP) is 4.80. The highest BCUT2D eigenvalue weighted by Gasteiger charge is 2.56. The lowest BCUT2D eigenvalue weighted by atomic mass is 9.71. The van der Waals surface area contributed by atoms with E-state index in [1.807, 2.05) is 0 Å². The van der Waals surface area contributed by atoms with E-state index in [4.69, 9.17) is 4.37 Å². The van der Waals surface area contributed by atoms with Crippen molar-refractivity contribution in [2.45, 2.75) is 64.4 Å². The molecule has 0 spiro atoms. The van der Waals surface area contributed by atoms with Crippen LogP contribution in [0.5, 0.6) is 0 Å². The normalized spacial score (nSPS) is 34.3. The smallest absolute Gasteiger partial charge is 0.150 e. The molecule has 0 unspecified atom stereocenters. The number of aromatic nitrogens is 1. The van der Waals surface area contributed by atoms with Crippen LogP contribution < -0.4 is 4.90 Å². The molecule has 200 valence electrons. The second-order valence-corrected chi connectivity index (χ2v) is 13.0. The molecule has 6 nitrogen and oxygen atoms in total. The van der Waals surface area contributed by atoms with Gasteiger partial charge in [0.1, 0.15) is 17.4 Å². The van der Waals surface area contributed by atoms with Gasteiger partial charge in [0.05, 0.1) is 10.8 Å². The second-order valence-electron chi connectivity index (χ2n) is 12.2. The minimum Gasteiger partial charge on any atom is -0.393 e. The van der Waals surface area contributed by atoms with Gasteiger partial charge >= 0.3 is 0 Å². The lowest BCUT2D eigenvalue weighted by Crippen LogP contribution is -2.48. The molecule has 7 heteroatoms. The zero-order valence-electron chi connectivity index (χ0n) is 22.1. The summed E-state index contributed by atoms with van der Waals surface area (Å²) in [6.07, 6.45) is 7.74. The second kappa shape index (κ2) is 10.7. The van der Waals surface area contributed by atoms with Gasteiger partial charge in [0, 0.05) is 56.4 Å². The van der Waals surface area contributed by atoms with Crippen molar-refractivity contribution in [3.8, 4) is 0 Å². The molecule has 6 rings (SSSR count). The fraction of sp³-hybridized carbons (Fsp3) is 0.700. The molecule has 1 aromatic carbocycles. The molecule has 1 saturated heterocycles. The number of aliphatic hydroxyl groups is 1. The maximum atomic E-state index is 13.4. The summed E-state index contributed by atoms with van der Waals surface area (Å²) < 4.78 is 6.02. The Morgan fingerprint density at radius 3 is 2.57 bits per heavy atom. The third-order valence-electron chi connectivity index (χ3n) is 10.2. The van der Waals surface area contributed by atoms with E-state index in [2.05, 4.69) is 34.1 Å². The number of carbonyl (C=O) groups excluding carboxylic acids is 2. The van der Waals surface area contributed by atoms with Gasteiger partial charge in [-0.2, -0.15) is 4.37 Å². The maximum absolute atomic E-state index is 13.4. The average Bonchev–Trinajstić information content (AvgIpc) is 3.61. The highest BCUT2D eigenvalue weighted by Crippen LogP contribution is 2.53. The monoisotopic (exact) mass is 523 g/mol.